The lowest BCUT2D eigenvalue weighted by Gasteiger charge is -2.44. The van der Waals surface area contributed by atoms with Crippen LogP contribution in [0, 0.1) is 5.92 Å². The maximum atomic E-state index is 13.0. The Morgan fingerprint density at radius 1 is 1.20 bits per heavy atom. The normalized spacial score (nSPS) is 25.9. The molecule has 0 radical (unpaired) electrons. The van der Waals surface area contributed by atoms with Gasteiger partial charge in [-0.15, -0.1) is 0 Å². The van der Waals surface area contributed by atoms with Gasteiger partial charge in [-0.2, -0.15) is 0 Å². The first-order valence-electron chi connectivity index (χ1n) is 9.15. The monoisotopic (exact) mass is 406 g/mol. The van der Waals surface area contributed by atoms with Gasteiger partial charge in [0.05, 0.1) is 5.69 Å². The number of halogens is 1. The lowest BCUT2D eigenvalue weighted by molar-refractivity contribution is -0.137. The number of hydrogen-bond acceptors (Lipinski definition) is 3. The van der Waals surface area contributed by atoms with Gasteiger partial charge in [-0.3, -0.25) is 14.5 Å². The number of carbonyl (C=O) groups is 2. The largest absolute Gasteiger partial charge is 0.482 e. The second-order valence-corrected chi connectivity index (χ2v) is 8.14. The molecule has 0 N–H and O–H groups in total. The molecular formula is C19H23BrN2O3. The minimum absolute atomic E-state index is 0.0111. The van der Waals surface area contributed by atoms with E-state index in [9.17, 15) is 9.59 Å². The number of ether oxygens (including phenoxy) is 1. The van der Waals surface area contributed by atoms with Crippen molar-refractivity contribution in [3.05, 3.63) is 22.7 Å². The molecule has 1 aliphatic carbocycles. The van der Waals surface area contributed by atoms with Crippen LogP contribution >= 0.6 is 15.9 Å². The van der Waals surface area contributed by atoms with Crippen molar-refractivity contribution < 1.29 is 14.3 Å². The molecule has 1 aromatic carbocycles. The third-order valence-corrected chi connectivity index (χ3v) is 6.22. The summed E-state index contributed by atoms with van der Waals surface area (Å²) in [5.41, 5.74) is 0.685. The molecule has 1 saturated heterocycles. The summed E-state index contributed by atoms with van der Waals surface area (Å²) < 4.78 is 6.41. The standard InChI is InChI=1S/C19H23BrN2O3/c20-14-7-8-16-17(10-14)25-12-19(24)22(16)11-18(23)21-9-3-5-13-4-1-2-6-15(13)21/h7-8,10,13,15H,1-6,9,11-12H2/t13-,15+/m1/s1. The summed E-state index contributed by atoms with van der Waals surface area (Å²) >= 11 is 3.42. The van der Waals surface area contributed by atoms with Gasteiger partial charge in [0.1, 0.15) is 12.3 Å². The topological polar surface area (TPSA) is 49.9 Å². The van der Waals surface area contributed by atoms with Crippen molar-refractivity contribution in [2.24, 2.45) is 5.92 Å². The lowest BCUT2D eigenvalue weighted by Crippen LogP contribution is -2.54. The Kier molecular flexibility index (Phi) is 4.71. The van der Waals surface area contributed by atoms with Crippen LogP contribution < -0.4 is 9.64 Å². The molecule has 2 heterocycles. The summed E-state index contributed by atoms with van der Waals surface area (Å²) in [6.07, 6.45) is 7.15. The van der Waals surface area contributed by atoms with Crippen LogP contribution in [0.3, 0.4) is 0 Å². The third-order valence-electron chi connectivity index (χ3n) is 5.72. The number of carbonyl (C=O) groups excluding carboxylic acids is 2. The van der Waals surface area contributed by atoms with Crippen molar-refractivity contribution in [1.29, 1.82) is 0 Å². The van der Waals surface area contributed by atoms with Gasteiger partial charge < -0.3 is 9.64 Å². The minimum atomic E-state index is -0.152. The van der Waals surface area contributed by atoms with E-state index >= 15 is 0 Å². The number of hydrogen-bond donors (Lipinski definition) is 0. The molecule has 2 aliphatic heterocycles. The molecule has 2 amide bonds. The van der Waals surface area contributed by atoms with Gasteiger partial charge >= 0.3 is 0 Å². The summed E-state index contributed by atoms with van der Waals surface area (Å²) in [6.45, 7) is 0.925. The Morgan fingerprint density at radius 3 is 2.88 bits per heavy atom. The minimum Gasteiger partial charge on any atom is -0.482 e. The number of amides is 2. The van der Waals surface area contributed by atoms with E-state index < -0.39 is 0 Å². The number of likely N-dealkylation sites (tertiary alicyclic amines) is 1. The number of fused-ring (bicyclic) bond motifs is 2. The highest BCUT2D eigenvalue weighted by atomic mass is 79.9. The van der Waals surface area contributed by atoms with Crippen molar-refractivity contribution in [3.8, 4) is 5.75 Å². The Bertz CT molecular complexity index is 691. The van der Waals surface area contributed by atoms with Crippen LogP contribution in [0.15, 0.2) is 22.7 Å². The molecule has 2 fully saturated rings. The smallest absolute Gasteiger partial charge is 0.265 e. The van der Waals surface area contributed by atoms with E-state index in [1.165, 1.54) is 25.7 Å². The first kappa shape index (κ1) is 16.9. The van der Waals surface area contributed by atoms with E-state index in [-0.39, 0.29) is 25.0 Å². The number of anilines is 1. The average molecular weight is 407 g/mol. The van der Waals surface area contributed by atoms with Crippen LogP contribution in [-0.4, -0.2) is 42.5 Å². The summed E-state index contributed by atoms with van der Waals surface area (Å²) in [6, 6.07) is 5.92. The van der Waals surface area contributed by atoms with Crippen molar-refractivity contribution in [2.75, 3.05) is 24.6 Å². The zero-order valence-corrected chi connectivity index (χ0v) is 15.8. The molecule has 0 spiro atoms. The van der Waals surface area contributed by atoms with Crippen molar-refractivity contribution in [3.63, 3.8) is 0 Å². The van der Waals surface area contributed by atoms with Crippen LogP contribution in [-0.2, 0) is 9.59 Å². The number of nitrogens with zero attached hydrogens (tertiary/aromatic N) is 2. The fourth-order valence-corrected chi connectivity index (χ4v) is 4.85. The fourth-order valence-electron chi connectivity index (χ4n) is 4.51. The van der Waals surface area contributed by atoms with E-state index in [0.29, 0.717) is 23.4 Å². The van der Waals surface area contributed by atoms with E-state index in [2.05, 4.69) is 20.8 Å². The predicted octanol–water partition coefficient (Wildman–Crippen LogP) is 3.36. The van der Waals surface area contributed by atoms with Crippen molar-refractivity contribution in [1.82, 2.24) is 4.90 Å². The highest BCUT2D eigenvalue weighted by Gasteiger charge is 2.37. The summed E-state index contributed by atoms with van der Waals surface area (Å²) in [4.78, 5) is 29.0. The Morgan fingerprint density at radius 2 is 2.00 bits per heavy atom. The molecule has 0 bridgehead atoms. The first-order chi connectivity index (χ1) is 12.1. The molecule has 6 heteroatoms. The number of rotatable bonds is 2. The average Bonchev–Trinajstić information content (AvgIpc) is 2.63. The van der Waals surface area contributed by atoms with Crippen LogP contribution in [0.4, 0.5) is 5.69 Å². The van der Waals surface area contributed by atoms with E-state index in [4.69, 9.17) is 4.74 Å². The summed E-state index contributed by atoms with van der Waals surface area (Å²) in [5.74, 6) is 1.21. The highest BCUT2D eigenvalue weighted by Crippen LogP contribution is 2.37. The molecule has 4 rings (SSSR count). The van der Waals surface area contributed by atoms with Crippen LogP contribution in [0.2, 0.25) is 0 Å². The quantitative estimate of drug-likeness (QED) is 0.756. The highest BCUT2D eigenvalue weighted by molar-refractivity contribution is 9.10. The van der Waals surface area contributed by atoms with E-state index in [1.807, 2.05) is 18.2 Å². The predicted molar refractivity (Wildman–Crippen MR) is 98.7 cm³/mol. The molecule has 0 unspecified atom stereocenters. The van der Waals surface area contributed by atoms with E-state index in [0.717, 1.165) is 23.9 Å². The molecule has 5 nitrogen and oxygen atoms in total. The van der Waals surface area contributed by atoms with Crippen molar-refractivity contribution in [2.45, 2.75) is 44.6 Å². The van der Waals surface area contributed by atoms with Crippen LogP contribution in [0.1, 0.15) is 38.5 Å². The molecule has 0 aromatic heterocycles. The Labute approximate surface area is 156 Å². The fraction of sp³-hybridized carbons (Fsp3) is 0.579. The van der Waals surface area contributed by atoms with Gasteiger partial charge in [0.2, 0.25) is 5.91 Å². The van der Waals surface area contributed by atoms with Gasteiger partial charge in [-0.1, -0.05) is 28.8 Å². The SMILES string of the molecule is O=C1COc2cc(Br)ccc2N1CC(=O)N1CCC[C@H]2CCCC[C@@H]21. The van der Waals surface area contributed by atoms with Crippen LogP contribution in [0.25, 0.3) is 0 Å². The van der Waals surface area contributed by atoms with Crippen molar-refractivity contribution >= 4 is 33.4 Å². The molecule has 134 valence electrons. The second-order valence-electron chi connectivity index (χ2n) is 7.22. The molecule has 3 aliphatic rings. The molecule has 1 saturated carbocycles. The maximum absolute atomic E-state index is 13.0. The third kappa shape index (κ3) is 3.28. The lowest BCUT2D eigenvalue weighted by atomic mass is 9.78. The van der Waals surface area contributed by atoms with Gasteiger partial charge in [-0.25, -0.2) is 0 Å². The second kappa shape index (κ2) is 6.98. The zero-order valence-electron chi connectivity index (χ0n) is 14.2. The molecule has 1 aromatic rings. The zero-order chi connectivity index (χ0) is 17.4. The molecular weight excluding hydrogens is 384 g/mol. The van der Waals surface area contributed by atoms with E-state index in [1.54, 1.807) is 4.90 Å². The Balaban J connectivity index is 1.53. The summed E-state index contributed by atoms with van der Waals surface area (Å²) in [5, 5.41) is 0. The maximum Gasteiger partial charge on any atom is 0.265 e. The van der Waals surface area contributed by atoms with Gasteiger partial charge in [0.15, 0.2) is 6.61 Å². The number of benzene rings is 1. The van der Waals surface area contributed by atoms with Crippen LogP contribution in [0.5, 0.6) is 5.75 Å². The Hall–Kier alpha value is -1.56. The molecule has 25 heavy (non-hydrogen) atoms. The summed E-state index contributed by atoms with van der Waals surface area (Å²) in [7, 11) is 0. The van der Waals surface area contributed by atoms with Gasteiger partial charge in [0, 0.05) is 17.1 Å². The van der Waals surface area contributed by atoms with Gasteiger partial charge in [0.25, 0.3) is 5.91 Å². The van der Waals surface area contributed by atoms with Gasteiger partial charge in [-0.05, 0) is 49.8 Å². The molecule has 2 atom stereocenters. The first-order valence-corrected chi connectivity index (χ1v) is 9.95. The number of piperidine rings is 1.